The highest BCUT2D eigenvalue weighted by Crippen LogP contribution is 2.46. The molecule has 4 rings (SSSR count). The largest absolute Gasteiger partial charge is 0.381 e. The second-order valence-corrected chi connectivity index (χ2v) is 8.11. The lowest BCUT2D eigenvalue weighted by molar-refractivity contribution is 0.00517. The molecule has 0 unspecified atom stereocenters. The summed E-state index contributed by atoms with van der Waals surface area (Å²) in [4.78, 5) is 14.9. The lowest BCUT2D eigenvalue weighted by Gasteiger charge is -2.40. The number of piperidine rings is 1. The van der Waals surface area contributed by atoms with Crippen LogP contribution in [0.5, 0.6) is 0 Å². The lowest BCUT2D eigenvalue weighted by atomic mass is 9.75. The first kappa shape index (κ1) is 16.9. The standard InChI is InChI=1S/C19H30N4O2/c1-15-12-20-23(13-15)16-4-3-9-22(14-16)18(24)21-17-5-2-6-19(17)7-10-25-11-8-19/h12-13,16-17H,2-11,14H2,1H3,(H,21,24)/t16-,17+/m1/s1. The van der Waals surface area contributed by atoms with E-state index in [1.807, 2.05) is 15.8 Å². The molecule has 1 aromatic rings. The molecule has 1 spiro atoms. The van der Waals surface area contributed by atoms with E-state index in [0.717, 1.165) is 58.4 Å². The highest BCUT2D eigenvalue weighted by molar-refractivity contribution is 5.74. The maximum absolute atomic E-state index is 12.9. The SMILES string of the molecule is Cc1cnn([C@@H]2CCCN(C(=O)N[C@H]3CCCC34CCOCC4)C2)c1. The van der Waals surface area contributed by atoms with Crippen LogP contribution in [-0.4, -0.2) is 53.1 Å². The van der Waals surface area contributed by atoms with Crippen molar-refractivity contribution in [1.29, 1.82) is 0 Å². The van der Waals surface area contributed by atoms with Gasteiger partial charge in [0.2, 0.25) is 0 Å². The average Bonchev–Trinajstić information content (AvgIpc) is 3.23. The fourth-order valence-corrected chi connectivity index (χ4v) is 4.97. The van der Waals surface area contributed by atoms with Gasteiger partial charge in [0, 0.05) is 38.5 Å². The first-order valence-corrected chi connectivity index (χ1v) is 9.80. The second kappa shape index (κ2) is 6.98. The summed E-state index contributed by atoms with van der Waals surface area (Å²) in [6, 6.07) is 0.733. The van der Waals surface area contributed by atoms with Crippen molar-refractivity contribution < 1.29 is 9.53 Å². The van der Waals surface area contributed by atoms with Gasteiger partial charge >= 0.3 is 6.03 Å². The van der Waals surface area contributed by atoms with E-state index in [4.69, 9.17) is 4.74 Å². The molecular weight excluding hydrogens is 316 g/mol. The van der Waals surface area contributed by atoms with Gasteiger partial charge in [-0.15, -0.1) is 0 Å². The Labute approximate surface area is 149 Å². The third-order valence-electron chi connectivity index (χ3n) is 6.48. The molecule has 0 radical (unpaired) electrons. The van der Waals surface area contributed by atoms with Crippen LogP contribution >= 0.6 is 0 Å². The van der Waals surface area contributed by atoms with Gasteiger partial charge in [-0.1, -0.05) is 6.42 Å². The van der Waals surface area contributed by atoms with E-state index in [0.29, 0.717) is 12.1 Å². The van der Waals surface area contributed by atoms with E-state index >= 15 is 0 Å². The minimum absolute atomic E-state index is 0.117. The molecule has 3 aliphatic rings. The molecule has 3 heterocycles. The van der Waals surface area contributed by atoms with Crippen LogP contribution in [0.25, 0.3) is 0 Å². The fourth-order valence-electron chi connectivity index (χ4n) is 4.97. The van der Waals surface area contributed by atoms with E-state index in [1.54, 1.807) is 0 Å². The number of ether oxygens (including phenoxy) is 1. The van der Waals surface area contributed by atoms with Crippen molar-refractivity contribution in [2.24, 2.45) is 5.41 Å². The molecule has 1 N–H and O–H groups in total. The summed E-state index contributed by atoms with van der Waals surface area (Å²) >= 11 is 0. The number of urea groups is 1. The number of carbonyl (C=O) groups excluding carboxylic acids is 1. The van der Waals surface area contributed by atoms with Crippen LogP contribution in [0, 0.1) is 12.3 Å². The molecule has 25 heavy (non-hydrogen) atoms. The summed E-state index contributed by atoms with van der Waals surface area (Å²) in [5.74, 6) is 0. The van der Waals surface area contributed by atoms with Crippen molar-refractivity contribution in [3.8, 4) is 0 Å². The zero-order chi connectivity index (χ0) is 17.3. The highest BCUT2D eigenvalue weighted by Gasteiger charge is 2.45. The van der Waals surface area contributed by atoms with Crippen molar-refractivity contribution in [2.75, 3.05) is 26.3 Å². The maximum atomic E-state index is 12.9. The molecule has 2 atom stereocenters. The minimum atomic E-state index is 0.117. The van der Waals surface area contributed by atoms with Gasteiger partial charge in [-0.05, 0) is 56.4 Å². The molecule has 0 bridgehead atoms. The maximum Gasteiger partial charge on any atom is 0.317 e. The van der Waals surface area contributed by atoms with Gasteiger partial charge in [-0.3, -0.25) is 4.68 Å². The summed E-state index contributed by atoms with van der Waals surface area (Å²) < 4.78 is 7.59. The number of rotatable bonds is 2. The Kier molecular flexibility index (Phi) is 4.71. The number of aryl methyl sites for hydroxylation is 1. The minimum Gasteiger partial charge on any atom is -0.381 e. The van der Waals surface area contributed by atoms with E-state index in [-0.39, 0.29) is 11.4 Å². The Hall–Kier alpha value is -1.56. The van der Waals surface area contributed by atoms with Crippen LogP contribution < -0.4 is 5.32 Å². The van der Waals surface area contributed by atoms with Crippen molar-refractivity contribution in [3.05, 3.63) is 18.0 Å². The van der Waals surface area contributed by atoms with Gasteiger partial charge in [0.15, 0.2) is 0 Å². The van der Waals surface area contributed by atoms with E-state index < -0.39 is 0 Å². The lowest BCUT2D eigenvalue weighted by Crippen LogP contribution is -2.53. The van der Waals surface area contributed by atoms with Crippen LogP contribution in [0.3, 0.4) is 0 Å². The van der Waals surface area contributed by atoms with E-state index in [2.05, 4.69) is 23.5 Å². The predicted octanol–water partition coefficient (Wildman–Crippen LogP) is 2.89. The number of nitrogens with one attached hydrogen (secondary N) is 1. The Morgan fingerprint density at radius 2 is 2.12 bits per heavy atom. The molecule has 2 saturated heterocycles. The molecular formula is C19H30N4O2. The molecule has 6 heteroatoms. The molecule has 6 nitrogen and oxygen atoms in total. The highest BCUT2D eigenvalue weighted by atomic mass is 16.5. The van der Waals surface area contributed by atoms with Gasteiger partial charge in [-0.2, -0.15) is 5.10 Å². The first-order chi connectivity index (χ1) is 12.2. The molecule has 0 aromatic carbocycles. The summed E-state index contributed by atoms with van der Waals surface area (Å²) in [7, 11) is 0. The molecule has 1 aliphatic carbocycles. The molecule has 138 valence electrons. The van der Waals surface area contributed by atoms with Crippen molar-refractivity contribution >= 4 is 6.03 Å². The number of carbonyl (C=O) groups is 1. The number of aromatic nitrogens is 2. The molecule has 3 fully saturated rings. The first-order valence-electron chi connectivity index (χ1n) is 9.80. The van der Waals surface area contributed by atoms with Gasteiger partial charge < -0.3 is 15.0 Å². The van der Waals surface area contributed by atoms with Crippen LogP contribution in [-0.2, 0) is 4.74 Å². The van der Waals surface area contributed by atoms with E-state index in [1.165, 1.54) is 18.4 Å². The Morgan fingerprint density at radius 3 is 2.88 bits per heavy atom. The zero-order valence-electron chi connectivity index (χ0n) is 15.2. The van der Waals surface area contributed by atoms with Crippen molar-refractivity contribution in [3.63, 3.8) is 0 Å². The van der Waals surface area contributed by atoms with Gasteiger partial charge in [0.1, 0.15) is 0 Å². The third-order valence-corrected chi connectivity index (χ3v) is 6.48. The van der Waals surface area contributed by atoms with Crippen molar-refractivity contribution in [2.45, 2.75) is 64.0 Å². The quantitative estimate of drug-likeness (QED) is 0.896. The average molecular weight is 346 g/mol. The molecule has 1 saturated carbocycles. The van der Waals surface area contributed by atoms with Crippen LogP contribution in [0.4, 0.5) is 4.79 Å². The molecule has 1 aromatic heterocycles. The van der Waals surface area contributed by atoms with Gasteiger partial charge in [-0.25, -0.2) is 4.79 Å². The predicted molar refractivity (Wildman–Crippen MR) is 95.5 cm³/mol. The fraction of sp³-hybridized carbons (Fsp3) is 0.789. The van der Waals surface area contributed by atoms with Crippen LogP contribution in [0.2, 0.25) is 0 Å². The topological polar surface area (TPSA) is 59.4 Å². The normalized spacial score (nSPS) is 29.1. The van der Waals surface area contributed by atoms with Gasteiger partial charge in [0.05, 0.1) is 12.2 Å². The third kappa shape index (κ3) is 3.41. The number of hydrogen-bond acceptors (Lipinski definition) is 3. The summed E-state index contributed by atoms with van der Waals surface area (Å²) in [6.07, 6.45) is 11.9. The number of hydrogen-bond donors (Lipinski definition) is 1. The van der Waals surface area contributed by atoms with E-state index in [9.17, 15) is 4.79 Å². The van der Waals surface area contributed by atoms with Gasteiger partial charge in [0.25, 0.3) is 0 Å². The number of likely N-dealkylation sites (tertiary alicyclic amines) is 1. The molecule has 2 aliphatic heterocycles. The van der Waals surface area contributed by atoms with Crippen LogP contribution in [0.15, 0.2) is 12.4 Å². The number of amides is 2. The Morgan fingerprint density at radius 1 is 1.28 bits per heavy atom. The summed E-state index contributed by atoms with van der Waals surface area (Å²) in [5.41, 5.74) is 1.45. The molecule has 2 amide bonds. The summed E-state index contributed by atoms with van der Waals surface area (Å²) in [5, 5.41) is 7.84. The summed E-state index contributed by atoms with van der Waals surface area (Å²) in [6.45, 7) is 5.36. The monoisotopic (exact) mass is 346 g/mol. The zero-order valence-corrected chi connectivity index (χ0v) is 15.2. The Balaban J connectivity index is 1.39. The number of nitrogens with zero attached hydrogens (tertiary/aromatic N) is 3. The van der Waals surface area contributed by atoms with Crippen LogP contribution in [0.1, 0.15) is 56.6 Å². The van der Waals surface area contributed by atoms with Crippen molar-refractivity contribution in [1.82, 2.24) is 20.0 Å². The Bertz CT molecular complexity index is 608. The smallest absolute Gasteiger partial charge is 0.317 e. The second-order valence-electron chi connectivity index (χ2n) is 8.11.